The van der Waals surface area contributed by atoms with Crippen LogP contribution in [0.25, 0.3) is 10.9 Å². The Morgan fingerprint density at radius 2 is 2.00 bits per heavy atom. The number of rotatable bonds is 4. The molecule has 0 aliphatic carbocycles. The molecule has 1 atom stereocenters. The highest BCUT2D eigenvalue weighted by Crippen LogP contribution is 2.26. The predicted molar refractivity (Wildman–Crippen MR) is 117 cm³/mol. The molecule has 0 unspecified atom stereocenters. The summed E-state index contributed by atoms with van der Waals surface area (Å²) in [6.45, 7) is 4.70. The molecule has 5 rings (SSSR count). The number of likely N-dealkylation sites (tertiary alicyclic amines) is 1. The second-order valence-electron chi connectivity index (χ2n) is 8.63. The fraction of sp³-hybridized carbons (Fsp3) is 0.360. The van der Waals surface area contributed by atoms with Crippen LogP contribution in [0.4, 0.5) is 0 Å². The summed E-state index contributed by atoms with van der Waals surface area (Å²) in [4.78, 5) is 32.8. The lowest BCUT2D eigenvalue weighted by Gasteiger charge is -2.30. The third-order valence-corrected chi connectivity index (χ3v) is 6.58. The van der Waals surface area contributed by atoms with Crippen LogP contribution in [0, 0.1) is 12.8 Å². The molecule has 2 amide bonds. The summed E-state index contributed by atoms with van der Waals surface area (Å²) in [6.07, 6.45) is 4.07. The second-order valence-corrected chi connectivity index (χ2v) is 8.63. The molecule has 5 nitrogen and oxygen atoms in total. The quantitative estimate of drug-likeness (QED) is 0.728. The summed E-state index contributed by atoms with van der Waals surface area (Å²) in [7, 11) is 0. The first-order valence-electron chi connectivity index (χ1n) is 10.8. The fourth-order valence-electron chi connectivity index (χ4n) is 4.85. The normalized spacial score (nSPS) is 18.8. The molecule has 3 heterocycles. The zero-order valence-corrected chi connectivity index (χ0v) is 17.4. The smallest absolute Gasteiger partial charge is 0.228 e. The molecule has 1 aromatic heterocycles. The van der Waals surface area contributed by atoms with E-state index in [1.165, 1.54) is 27.6 Å². The maximum Gasteiger partial charge on any atom is 0.228 e. The number of hydrogen-bond donors (Lipinski definition) is 1. The van der Waals surface area contributed by atoms with Gasteiger partial charge in [-0.1, -0.05) is 35.9 Å². The number of aromatic nitrogens is 1. The number of H-pyrrole nitrogens is 1. The molecular formula is C25H27N3O2. The van der Waals surface area contributed by atoms with Gasteiger partial charge in [0.15, 0.2) is 0 Å². The Morgan fingerprint density at radius 3 is 2.87 bits per heavy atom. The highest BCUT2D eigenvalue weighted by molar-refractivity contribution is 5.89. The zero-order valence-electron chi connectivity index (χ0n) is 17.4. The summed E-state index contributed by atoms with van der Waals surface area (Å²) in [5.74, 6) is 0.0119. The van der Waals surface area contributed by atoms with E-state index in [0.29, 0.717) is 26.1 Å². The first-order chi connectivity index (χ1) is 14.6. The third kappa shape index (κ3) is 3.49. The van der Waals surface area contributed by atoms with Crippen LogP contribution in [0.2, 0.25) is 0 Å². The van der Waals surface area contributed by atoms with E-state index < -0.39 is 0 Å². The number of nitrogens with one attached hydrogen (secondary N) is 1. The van der Waals surface area contributed by atoms with Crippen molar-refractivity contribution in [2.24, 2.45) is 5.92 Å². The number of carbonyl (C=O) groups is 2. The first kappa shape index (κ1) is 18.9. The Morgan fingerprint density at radius 1 is 1.17 bits per heavy atom. The molecule has 1 saturated heterocycles. The van der Waals surface area contributed by atoms with Crippen LogP contribution in [-0.2, 0) is 29.0 Å². The SMILES string of the molecule is Cc1ccc2[nH]cc(CCN3C[C@@H](C(=O)N4CCc5ccccc5C4)CC3=O)c2c1. The van der Waals surface area contributed by atoms with E-state index in [0.717, 1.165) is 24.9 Å². The monoisotopic (exact) mass is 401 g/mol. The molecule has 30 heavy (non-hydrogen) atoms. The van der Waals surface area contributed by atoms with Crippen molar-refractivity contribution in [3.63, 3.8) is 0 Å². The van der Waals surface area contributed by atoms with Gasteiger partial charge < -0.3 is 14.8 Å². The van der Waals surface area contributed by atoms with Crippen LogP contribution in [0.15, 0.2) is 48.7 Å². The van der Waals surface area contributed by atoms with Crippen molar-refractivity contribution in [1.29, 1.82) is 0 Å². The van der Waals surface area contributed by atoms with Crippen LogP contribution in [0.5, 0.6) is 0 Å². The molecule has 0 saturated carbocycles. The average molecular weight is 402 g/mol. The molecule has 0 bridgehead atoms. The lowest BCUT2D eigenvalue weighted by atomic mass is 9.98. The number of benzene rings is 2. The number of nitrogens with zero attached hydrogens (tertiary/aromatic N) is 2. The van der Waals surface area contributed by atoms with Crippen molar-refractivity contribution in [1.82, 2.24) is 14.8 Å². The van der Waals surface area contributed by atoms with E-state index in [4.69, 9.17) is 0 Å². The largest absolute Gasteiger partial charge is 0.361 e. The van der Waals surface area contributed by atoms with Gasteiger partial charge in [0.2, 0.25) is 11.8 Å². The van der Waals surface area contributed by atoms with E-state index in [1.54, 1.807) is 0 Å². The summed E-state index contributed by atoms with van der Waals surface area (Å²) in [5, 5.41) is 1.22. The summed E-state index contributed by atoms with van der Waals surface area (Å²) in [6, 6.07) is 14.7. The van der Waals surface area contributed by atoms with Crippen molar-refractivity contribution >= 4 is 22.7 Å². The molecule has 1 N–H and O–H groups in total. The van der Waals surface area contributed by atoms with Crippen molar-refractivity contribution in [2.75, 3.05) is 19.6 Å². The van der Waals surface area contributed by atoms with Gasteiger partial charge in [0.25, 0.3) is 0 Å². The van der Waals surface area contributed by atoms with Gasteiger partial charge in [-0.2, -0.15) is 0 Å². The van der Waals surface area contributed by atoms with E-state index in [9.17, 15) is 9.59 Å². The van der Waals surface area contributed by atoms with Crippen LogP contribution in [-0.4, -0.2) is 46.2 Å². The van der Waals surface area contributed by atoms with E-state index in [1.807, 2.05) is 22.1 Å². The van der Waals surface area contributed by atoms with Crippen LogP contribution >= 0.6 is 0 Å². The molecule has 0 spiro atoms. The zero-order chi connectivity index (χ0) is 20.7. The van der Waals surface area contributed by atoms with Crippen molar-refractivity contribution in [2.45, 2.75) is 32.7 Å². The van der Waals surface area contributed by atoms with Crippen molar-refractivity contribution in [3.05, 3.63) is 70.9 Å². The van der Waals surface area contributed by atoms with E-state index in [2.05, 4.69) is 48.3 Å². The first-order valence-corrected chi connectivity index (χ1v) is 10.8. The number of aryl methyl sites for hydroxylation is 1. The van der Waals surface area contributed by atoms with Crippen LogP contribution in [0.1, 0.15) is 28.7 Å². The molecule has 0 radical (unpaired) electrons. The summed E-state index contributed by atoms with van der Waals surface area (Å²) >= 11 is 0. The van der Waals surface area contributed by atoms with Gasteiger partial charge in [0.1, 0.15) is 0 Å². The number of hydrogen-bond acceptors (Lipinski definition) is 2. The lowest BCUT2D eigenvalue weighted by Crippen LogP contribution is -2.40. The van der Waals surface area contributed by atoms with Gasteiger partial charge in [-0.25, -0.2) is 0 Å². The lowest BCUT2D eigenvalue weighted by molar-refractivity contribution is -0.136. The van der Waals surface area contributed by atoms with Gasteiger partial charge in [0, 0.05) is 49.7 Å². The van der Waals surface area contributed by atoms with Crippen LogP contribution < -0.4 is 0 Å². The second kappa shape index (κ2) is 7.63. The fourth-order valence-corrected chi connectivity index (χ4v) is 4.85. The van der Waals surface area contributed by atoms with Gasteiger partial charge in [0.05, 0.1) is 5.92 Å². The average Bonchev–Trinajstić information content (AvgIpc) is 3.34. The molecule has 2 aliphatic heterocycles. The molecule has 3 aromatic rings. The van der Waals surface area contributed by atoms with Gasteiger partial charge in [-0.3, -0.25) is 9.59 Å². The highest BCUT2D eigenvalue weighted by Gasteiger charge is 2.37. The van der Waals surface area contributed by atoms with Gasteiger partial charge in [-0.15, -0.1) is 0 Å². The van der Waals surface area contributed by atoms with Crippen molar-refractivity contribution < 1.29 is 9.59 Å². The number of aromatic amines is 1. The summed E-state index contributed by atoms with van der Waals surface area (Å²) in [5.41, 5.74) is 6.15. The van der Waals surface area contributed by atoms with Crippen LogP contribution in [0.3, 0.4) is 0 Å². The molecule has 1 fully saturated rings. The summed E-state index contributed by atoms with van der Waals surface area (Å²) < 4.78 is 0. The Kier molecular flexibility index (Phi) is 4.81. The number of amides is 2. The Labute approximate surface area is 176 Å². The molecule has 2 aliphatic rings. The molecular weight excluding hydrogens is 374 g/mol. The molecule has 154 valence electrons. The minimum absolute atomic E-state index is 0.0989. The Balaban J connectivity index is 1.22. The third-order valence-electron chi connectivity index (χ3n) is 6.58. The van der Waals surface area contributed by atoms with Gasteiger partial charge in [-0.05, 0) is 48.6 Å². The number of carbonyl (C=O) groups excluding carboxylic acids is 2. The minimum atomic E-state index is -0.215. The minimum Gasteiger partial charge on any atom is -0.361 e. The molecule has 5 heteroatoms. The Bertz CT molecular complexity index is 1120. The molecule has 2 aromatic carbocycles. The van der Waals surface area contributed by atoms with E-state index in [-0.39, 0.29) is 17.7 Å². The van der Waals surface area contributed by atoms with E-state index >= 15 is 0 Å². The maximum absolute atomic E-state index is 13.1. The van der Waals surface area contributed by atoms with Crippen molar-refractivity contribution in [3.8, 4) is 0 Å². The highest BCUT2D eigenvalue weighted by atomic mass is 16.2. The maximum atomic E-state index is 13.1. The topological polar surface area (TPSA) is 56.4 Å². The number of fused-ring (bicyclic) bond motifs is 2. The Hall–Kier alpha value is -3.08. The predicted octanol–water partition coefficient (Wildman–Crippen LogP) is 3.45. The van der Waals surface area contributed by atoms with Gasteiger partial charge >= 0.3 is 0 Å². The standard InChI is InChI=1S/C25H27N3O2/c1-17-6-7-23-22(12-17)19(14-26-23)9-10-27-16-21(13-24(27)29)25(30)28-11-8-18-4-2-3-5-20(18)15-28/h2-7,12,14,21,26H,8-11,13,15-16H2,1H3/t21-/m0/s1.